The van der Waals surface area contributed by atoms with E-state index >= 15 is 0 Å². The molecule has 0 aromatic rings. The van der Waals surface area contributed by atoms with E-state index < -0.39 is 0 Å². The molecule has 0 amide bonds. The lowest BCUT2D eigenvalue weighted by Crippen LogP contribution is -2.07. The maximum Gasteiger partial charge on any atom is 0.0750 e. The van der Waals surface area contributed by atoms with E-state index in [1.807, 2.05) is 26.8 Å². The Morgan fingerprint density at radius 1 is 1.55 bits per heavy atom. The van der Waals surface area contributed by atoms with Crippen LogP contribution in [-0.4, -0.2) is 11.2 Å². The van der Waals surface area contributed by atoms with Crippen molar-refractivity contribution < 1.29 is 5.11 Å². The summed E-state index contributed by atoms with van der Waals surface area (Å²) in [4.78, 5) is 0. The van der Waals surface area contributed by atoms with Crippen LogP contribution in [0.4, 0.5) is 0 Å². The topological polar surface area (TPSA) is 20.2 Å². The lowest BCUT2D eigenvalue weighted by molar-refractivity contribution is 0.200. The van der Waals surface area contributed by atoms with Crippen LogP contribution in [0.5, 0.6) is 0 Å². The summed E-state index contributed by atoms with van der Waals surface area (Å²) < 4.78 is 0. The number of aliphatic hydroxyl groups is 1. The molecule has 11 heavy (non-hydrogen) atoms. The van der Waals surface area contributed by atoms with E-state index in [0.717, 1.165) is 24.0 Å². The summed E-state index contributed by atoms with van der Waals surface area (Å²) in [5.74, 6) is 0. The van der Waals surface area contributed by atoms with Crippen LogP contribution in [0.3, 0.4) is 0 Å². The largest absolute Gasteiger partial charge is 0.389 e. The van der Waals surface area contributed by atoms with Crippen LogP contribution < -0.4 is 0 Å². The number of rotatable bonds is 4. The first kappa shape index (κ1) is 10.4. The predicted octanol–water partition coefficient (Wildman–Crippen LogP) is 2.67. The number of aliphatic hydroxyl groups excluding tert-OH is 1. The van der Waals surface area contributed by atoms with Gasteiger partial charge in [0.15, 0.2) is 0 Å². The SMILES string of the molecule is C=C(C)CCC(O)C(C)=CC. The van der Waals surface area contributed by atoms with Crippen molar-refractivity contribution in [3.63, 3.8) is 0 Å². The molecule has 0 radical (unpaired) electrons. The van der Waals surface area contributed by atoms with Gasteiger partial charge in [0.1, 0.15) is 0 Å². The molecule has 1 unspecified atom stereocenters. The van der Waals surface area contributed by atoms with Crippen LogP contribution in [0.2, 0.25) is 0 Å². The van der Waals surface area contributed by atoms with Gasteiger partial charge in [-0.1, -0.05) is 11.6 Å². The molecule has 1 heteroatoms. The first-order valence-corrected chi connectivity index (χ1v) is 4.03. The highest BCUT2D eigenvalue weighted by Gasteiger charge is 2.04. The van der Waals surface area contributed by atoms with Gasteiger partial charge in [-0.3, -0.25) is 0 Å². The Labute approximate surface area is 69.4 Å². The van der Waals surface area contributed by atoms with Crippen molar-refractivity contribution in [2.24, 2.45) is 0 Å². The van der Waals surface area contributed by atoms with Gasteiger partial charge in [-0.2, -0.15) is 0 Å². The summed E-state index contributed by atoms with van der Waals surface area (Å²) in [6, 6.07) is 0. The zero-order valence-corrected chi connectivity index (χ0v) is 7.72. The zero-order valence-electron chi connectivity index (χ0n) is 7.72. The molecule has 1 atom stereocenters. The third kappa shape index (κ3) is 4.79. The van der Waals surface area contributed by atoms with Crippen molar-refractivity contribution >= 4 is 0 Å². The van der Waals surface area contributed by atoms with E-state index in [-0.39, 0.29) is 6.10 Å². The second-order valence-electron chi connectivity index (χ2n) is 3.04. The molecule has 0 aromatic heterocycles. The molecule has 0 aliphatic rings. The molecule has 0 aromatic carbocycles. The fourth-order valence-electron chi connectivity index (χ4n) is 0.803. The minimum absolute atomic E-state index is 0.281. The average Bonchev–Trinajstić information content (AvgIpc) is 1.98. The molecule has 0 bridgehead atoms. The Kier molecular flexibility index (Phi) is 4.88. The molecule has 0 aliphatic carbocycles. The van der Waals surface area contributed by atoms with Gasteiger partial charge in [0.25, 0.3) is 0 Å². The van der Waals surface area contributed by atoms with E-state index in [9.17, 15) is 5.11 Å². The van der Waals surface area contributed by atoms with Crippen molar-refractivity contribution in [2.45, 2.75) is 39.7 Å². The molecule has 1 N–H and O–H groups in total. The summed E-state index contributed by atoms with van der Waals surface area (Å²) in [5.41, 5.74) is 2.18. The van der Waals surface area contributed by atoms with Gasteiger partial charge in [0.2, 0.25) is 0 Å². The summed E-state index contributed by atoms with van der Waals surface area (Å²) in [6.07, 6.45) is 3.37. The van der Waals surface area contributed by atoms with Crippen LogP contribution in [0.15, 0.2) is 23.8 Å². The number of allylic oxidation sites excluding steroid dienone is 2. The van der Waals surface area contributed by atoms with Crippen molar-refractivity contribution in [2.75, 3.05) is 0 Å². The van der Waals surface area contributed by atoms with Gasteiger partial charge < -0.3 is 5.11 Å². The molecule has 0 aliphatic heterocycles. The van der Waals surface area contributed by atoms with Crippen LogP contribution in [0.25, 0.3) is 0 Å². The van der Waals surface area contributed by atoms with Crippen molar-refractivity contribution in [1.82, 2.24) is 0 Å². The Hall–Kier alpha value is -0.560. The van der Waals surface area contributed by atoms with Gasteiger partial charge in [-0.05, 0) is 39.2 Å². The monoisotopic (exact) mass is 154 g/mol. The minimum atomic E-state index is -0.281. The fraction of sp³-hybridized carbons (Fsp3) is 0.600. The standard InChI is InChI=1S/C10H18O/c1-5-9(4)10(11)7-6-8(2)3/h5,10-11H,2,6-7H2,1,3-4H3. The fourth-order valence-corrected chi connectivity index (χ4v) is 0.803. The van der Waals surface area contributed by atoms with Crippen LogP contribution in [0.1, 0.15) is 33.6 Å². The molecule has 1 nitrogen and oxygen atoms in total. The molecular formula is C10H18O. The maximum absolute atomic E-state index is 9.46. The first-order valence-electron chi connectivity index (χ1n) is 4.03. The van der Waals surface area contributed by atoms with Gasteiger partial charge in [-0.15, -0.1) is 6.58 Å². The molecule has 0 heterocycles. The Balaban J connectivity index is 3.69. The number of hydrogen-bond acceptors (Lipinski definition) is 1. The highest BCUT2D eigenvalue weighted by Crippen LogP contribution is 2.10. The van der Waals surface area contributed by atoms with E-state index in [4.69, 9.17) is 0 Å². The lowest BCUT2D eigenvalue weighted by atomic mass is 10.0. The highest BCUT2D eigenvalue weighted by atomic mass is 16.3. The molecule has 0 rings (SSSR count). The van der Waals surface area contributed by atoms with E-state index in [0.29, 0.717) is 0 Å². The van der Waals surface area contributed by atoms with Crippen molar-refractivity contribution in [3.8, 4) is 0 Å². The predicted molar refractivity (Wildman–Crippen MR) is 49.5 cm³/mol. The summed E-state index contributed by atoms with van der Waals surface area (Å²) in [6.45, 7) is 9.66. The van der Waals surface area contributed by atoms with Crippen molar-refractivity contribution in [1.29, 1.82) is 0 Å². The second kappa shape index (κ2) is 5.14. The lowest BCUT2D eigenvalue weighted by Gasteiger charge is -2.09. The Morgan fingerprint density at radius 3 is 2.45 bits per heavy atom. The normalized spacial score (nSPS) is 14.7. The van der Waals surface area contributed by atoms with Crippen LogP contribution in [0, 0.1) is 0 Å². The molecule has 0 fully saturated rings. The Bertz CT molecular complexity index is 156. The van der Waals surface area contributed by atoms with Crippen molar-refractivity contribution in [3.05, 3.63) is 23.8 Å². The smallest absolute Gasteiger partial charge is 0.0750 e. The molecule has 64 valence electrons. The maximum atomic E-state index is 9.46. The van der Waals surface area contributed by atoms with E-state index in [2.05, 4.69) is 6.58 Å². The van der Waals surface area contributed by atoms with E-state index in [1.54, 1.807) is 0 Å². The van der Waals surface area contributed by atoms with Crippen LogP contribution >= 0.6 is 0 Å². The first-order chi connectivity index (χ1) is 5.07. The van der Waals surface area contributed by atoms with Gasteiger partial charge in [-0.25, -0.2) is 0 Å². The minimum Gasteiger partial charge on any atom is -0.389 e. The summed E-state index contributed by atoms with van der Waals surface area (Å²) >= 11 is 0. The zero-order chi connectivity index (χ0) is 8.85. The average molecular weight is 154 g/mol. The number of hydrogen-bond donors (Lipinski definition) is 1. The summed E-state index contributed by atoms with van der Waals surface area (Å²) in [5, 5.41) is 9.46. The Morgan fingerprint density at radius 2 is 2.09 bits per heavy atom. The quantitative estimate of drug-likeness (QED) is 0.617. The molecular weight excluding hydrogens is 136 g/mol. The van der Waals surface area contributed by atoms with E-state index in [1.165, 1.54) is 0 Å². The second-order valence-corrected chi connectivity index (χ2v) is 3.04. The van der Waals surface area contributed by atoms with Gasteiger partial charge in [0.05, 0.1) is 6.10 Å². The molecule has 0 spiro atoms. The third-order valence-electron chi connectivity index (χ3n) is 1.83. The highest BCUT2D eigenvalue weighted by molar-refractivity contribution is 5.03. The molecule has 0 saturated carbocycles. The summed E-state index contributed by atoms with van der Waals surface area (Å²) in [7, 11) is 0. The van der Waals surface area contributed by atoms with Gasteiger partial charge in [0, 0.05) is 0 Å². The van der Waals surface area contributed by atoms with Gasteiger partial charge >= 0.3 is 0 Å². The van der Waals surface area contributed by atoms with Crippen LogP contribution in [-0.2, 0) is 0 Å². The third-order valence-corrected chi connectivity index (χ3v) is 1.83. The molecule has 0 saturated heterocycles.